The van der Waals surface area contributed by atoms with Crippen LogP contribution in [0.3, 0.4) is 0 Å². The highest BCUT2D eigenvalue weighted by Crippen LogP contribution is 2.32. The topological polar surface area (TPSA) is 109 Å². The summed E-state index contributed by atoms with van der Waals surface area (Å²) in [6, 6.07) is 18.8. The van der Waals surface area contributed by atoms with Crippen LogP contribution in [0.4, 0.5) is 5.69 Å². The molecule has 33 heavy (non-hydrogen) atoms. The SMILES string of the molecule is COc1ccc(-c2n[nH]c(CNC(=O)c3cc4ccccc4cc3NC(=O)C3CC3)n2)cc1. The minimum atomic E-state index is -0.297. The molecule has 0 bridgehead atoms. The van der Waals surface area contributed by atoms with Crippen LogP contribution in [0.5, 0.6) is 5.75 Å². The zero-order valence-corrected chi connectivity index (χ0v) is 18.1. The number of H-pyrrole nitrogens is 1. The van der Waals surface area contributed by atoms with E-state index in [0.29, 0.717) is 22.9 Å². The van der Waals surface area contributed by atoms with Crippen molar-refractivity contribution >= 4 is 28.3 Å². The Balaban J connectivity index is 1.33. The van der Waals surface area contributed by atoms with E-state index in [1.54, 1.807) is 13.2 Å². The number of carbonyl (C=O) groups is 2. The average molecular weight is 441 g/mol. The smallest absolute Gasteiger partial charge is 0.253 e. The van der Waals surface area contributed by atoms with Crippen LogP contribution in [0, 0.1) is 5.92 Å². The molecule has 1 aliphatic rings. The first-order valence-corrected chi connectivity index (χ1v) is 10.8. The number of methoxy groups -OCH3 is 1. The number of nitrogens with zero attached hydrogens (tertiary/aromatic N) is 2. The van der Waals surface area contributed by atoms with Crippen LogP contribution in [-0.2, 0) is 11.3 Å². The van der Waals surface area contributed by atoms with Crippen LogP contribution in [-0.4, -0.2) is 34.1 Å². The van der Waals surface area contributed by atoms with Crippen LogP contribution in [0.15, 0.2) is 60.7 Å². The van der Waals surface area contributed by atoms with Crippen LogP contribution in [0.2, 0.25) is 0 Å². The van der Waals surface area contributed by atoms with Crippen molar-refractivity contribution < 1.29 is 14.3 Å². The molecule has 3 N–H and O–H groups in total. The Morgan fingerprint density at radius 1 is 1.06 bits per heavy atom. The van der Waals surface area contributed by atoms with Crippen molar-refractivity contribution in [1.82, 2.24) is 20.5 Å². The lowest BCUT2D eigenvalue weighted by atomic mass is 10.0. The lowest BCUT2D eigenvalue weighted by Crippen LogP contribution is -2.25. The molecule has 0 aliphatic heterocycles. The molecule has 8 heteroatoms. The molecule has 0 spiro atoms. The molecule has 0 saturated heterocycles. The third-order valence-electron chi connectivity index (χ3n) is 5.63. The van der Waals surface area contributed by atoms with E-state index >= 15 is 0 Å². The molecule has 1 aromatic heterocycles. The Morgan fingerprint density at radius 3 is 2.48 bits per heavy atom. The highest BCUT2D eigenvalue weighted by Gasteiger charge is 2.30. The number of benzene rings is 3. The highest BCUT2D eigenvalue weighted by molar-refractivity contribution is 6.08. The summed E-state index contributed by atoms with van der Waals surface area (Å²) in [6.45, 7) is 0.171. The summed E-state index contributed by atoms with van der Waals surface area (Å²) < 4.78 is 5.17. The second-order valence-electron chi connectivity index (χ2n) is 8.03. The summed E-state index contributed by atoms with van der Waals surface area (Å²) in [6.07, 6.45) is 1.78. The largest absolute Gasteiger partial charge is 0.497 e. The van der Waals surface area contributed by atoms with Crippen molar-refractivity contribution in [2.75, 3.05) is 12.4 Å². The average Bonchev–Trinajstić information content (AvgIpc) is 3.60. The van der Waals surface area contributed by atoms with Gasteiger partial charge in [-0.3, -0.25) is 14.7 Å². The Bertz CT molecular complexity index is 1330. The molecule has 3 aromatic carbocycles. The van der Waals surface area contributed by atoms with Gasteiger partial charge in [0.15, 0.2) is 5.82 Å². The third kappa shape index (κ3) is 4.55. The molecule has 0 atom stereocenters. The zero-order valence-electron chi connectivity index (χ0n) is 18.1. The van der Waals surface area contributed by atoms with Crippen molar-refractivity contribution in [3.63, 3.8) is 0 Å². The van der Waals surface area contributed by atoms with Crippen molar-refractivity contribution in [2.24, 2.45) is 5.92 Å². The normalized spacial score (nSPS) is 13.0. The minimum Gasteiger partial charge on any atom is -0.497 e. The van der Waals surface area contributed by atoms with E-state index in [1.807, 2.05) is 54.6 Å². The van der Waals surface area contributed by atoms with Crippen molar-refractivity contribution in [3.05, 3.63) is 72.1 Å². The number of anilines is 1. The number of nitrogens with one attached hydrogen (secondary N) is 3. The molecule has 0 radical (unpaired) electrons. The number of carbonyl (C=O) groups excluding carboxylic acids is 2. The van der Waals surface area contributed by atoms with Crippen molar-refractivity contribution in [3.8, 4) is 17.1 Å². The van der Waals surface area contributed by atoms with Gasteiger partial charge in [0.05, 0.1) is 24.9 Å². The van der Waals surface area contributed by atoms with Gasteiger partial charge in [-0.15, -0.1) is 0 Å². The van der Waals surface area contributed by atoms with Gasteiger partial charge in [-0.2, -0.15) is 5.10 Å². The van der Waals surface area contributed by atoms with Crippen molar-refractivity contribution in [1.29, 1.82) is 0 Å². The van der Waals surface area contributed by atoms with Gasteiger partial charge in [0.1, 0.15) is 11.6 Å². The molecule has 1 heterocycles. The van der Waals surface area contributed by atoms with E-state index in [-0.39, 0.29) is 24.3 Å². The summed E-state index contributed by atoms with van der Waals surface area (Å²) in [5.41, 5.74) is 1.77. The van der Waals surface area contributed by atoms with Gasteiger partial charge in [0, 0.05) is 11.5 Å². The number of fused-ring (bicyclic) bond motifs is 1. The lowest BCUT2D eigenvalue weighted by molar-refractivity contribution is -0.117. The number of ether oxygens (including phenoxy) is 1. The van der Waals surface area contributed by atoms with E-state index in [9.17, 15) is 9.59 Å². The maximum atomic E-state index is 13.1. The molecule has 4 aromatic rings. The maximum absolute atomic E-state index is 13.1. The molecule has 0 unspecified atom stereocenters. The monoisotopic (exact) mass is 441 g/mol. The first-order valence-electron chi connectivity index (χ1n) is 10.8. The Morgan fingerprint density at radius 2 is 1.79 bits per heavy atom. The Labute approximate surface area is 190 Å². The number of rotatable bonds is 7. The Kier molecular flexibility index (Phi) is 5.48. The first-order chi connectivity index (χ1) is 16.1. The number of hydrogen-bond donors (Lipinski definition) is 3. The van der Waals surface area contributed by atoms with Gasteiger partial charge < -0.3 is 15.4 Å². The number of hydrogen-bond acceptors (Lipinski definition) is 5. The zero-order chi connectivity index (χ0) is 22.8. The first kappa shape index (κ1) is 20.7. The molecule has 166 valence electrons. The molecule has 5 rings (SSSR count). The molecule has 1 fully saturated rings. The van der Waals surface area contributed by atoms with E-state index in [2.05, 4.69) is 25.8 Å². The van der Waals surface area contributed by atoms with Gasteiger partial charge in [0.25, 0.3) is 5.91 Å². The molecular weight excluding hydrogens is 418 g/mol. The Hall–Kier alpha value is -4.20. The fourth-order valence-corrected chi connectivity index (χ4v) is 3.61. The second-order valence-corrected chi connectivity index (χ2v) is 8.03. The van der Waals surface area contributed by atoms with Crippen LogP contribution in [0.1, 0.15) is 29.0 Å². The summed E-state index contributed by atoms with van der Waals surface area (Å²) in [4.78, 5) is 29.9. The van der Waals surface area contributed by atoms with E-state index in [1.165, 1.54) is 0 Å². The molecule has 1 saturated carbocycles. The maximum Gasteiger partial charge on any atom is 0.253 e. The second kappa shape index (κ2) is 8.74. The fraction of sp³-hybridized carbons (Fsp3) is 0.200. The molecule has 1 aliphatic carbocycles. The third-order valence-corrected chi connectivity index (χ3v) is 5.63. The molecule has 2 amide bonds. The van der Waals surface area contributed by atoms with Crippen LogP contribution < -0.4 is 15.4 Å². The summed E-state index contributed by atoms with van der Waals surface area (Å²) in [5.74, 6) is 1.51. The standard InChI is InChI=1S/C25H23N5O3/c1-33-19-10-8-15(9-11-19)23-28-22(29-30-23)14-26-25(32)20-12-17-4-2-3-5-18(17)13-21(20)27-24(31)16-6-7-16/h2-5,8-13,16H,6-7,14H2,1H3,(H,26,32)(H,27,31)(H,28,29,30). The number of aromatic nitrogens is 3. The van der Waals surface area contributed by atoms with Gasteiger partial charge in [-0.1, -0.05) is 24.3 Å². The molecule has 8 nitrogen and oxygen atoms in total. The lowest BCUT2D eigenvalue weighted by Gasteiger charge is -2.13. The van der Waals surface area contributed by atoms with Gasteiger partial charge in [-0.25, -0.2) is 4.98 Å². The van der Waals surface area contributed by atoms with Gasteiger partial charge >= 0.3 is 0 Å². The number of aromatic amines is 1. The van der Waals surface area contributed by atoms with Crippen molar-refractivity contribution in [2.45, 2.75) is 19.4 Å². The predicted octanol–water partition coefficient (Wildman–Crippen LogP) is 3.91. The van der Waals surface area contributed by atoms with Gasteiger partial charge in [0.2, 0.25) is 5.91 Å². The fourth-order valence-electron chi connectivity index (χ4n) is 3.61. The molecular formula is C25H23N5O3. The number of amides is 2. The summed E-state index contributed by atoms with van der Waals surface area (Å²) in [5, 5.41) is 14.8. The van der Waals surface area contributed by atoms with E-state index in [0.717, 1.165) is 34.9 Å². The quantitative estimate of drug-likeness (QED) is 0.403. The predicted molar refractivity (Wildman–Crippen MR) is 125 cm³/mol. The van der Waals surface area contributed by atoms with Crippen LogP contribution in [0.25, 0.3) is 22.2 Å². The van der Waals surface area contributed by atoms with E-state index < -0.39 is 0 Å². The van der Waals surface area contributed by atoms with Crippen LogP contribution >= 0.6 is 0 Å². The highest BCUT2D eigenvalue weighted by atomic mass is 16.5. The summed E-state index contributed by atoms with van der Waals surface area (Å²) in [7, 11) is 1.61. The van der Waals surface area contributed by atoms with Gasteiger partial charge in [-0.05, 0) is 60.0 Å². The summed E-state index contributed by atoms with van der Waals surface area (Å²) >= 11 is 0. The van der Waals surface area contributed by atoms with E-state index in [4.69, 9.17) is 4.74 Å². The minimum absolute atomic E-state index is 0.0398.